The molecule has 0 fully saturated rings. The van der Waals surface area contributed by atoms with E-state index in [0.29, 0.717) is 33.4 Å². The molecule has 1 amide bonds. The molecule has 1 aliphatic rings. The molecular weight excluding hydrogens is 390 g/mol. The topological polar surface area (TPSA) is 90.3 Å². The summed E-state index contributed by atoms with van der Waals surface area (Å²) in [7, 11) is 1.73. The first-order valence-corrected chi connectivity index (χ1v) is 10.6. The lowest BCUT2D eigenvalue weighted by atomic mass is 9.88. The van der Waals surface area contributed by atoms with E-state index >= 15 is 0 Å². The summed E-state index contributed by atoms with van der Waals surface area (Å²) in [6.07, 6.45) is 2.32. The quantitative estimate of drug-likeness (QED) is 0.456. The van der Waals surface area contributed by atoms with Crippen LogP contribution in [0.15, 0.2) is 0 Å². The zero-order valence-electron chi connectivity index (χ0n) is 17.7. The number of ether oxygens (including phenoxy) is 1. The monoisotopic (exact) mass is 417 g/mol. The van der Waals surface area contributed by atoms with Gasteiger partial charge in [0.1, 0.15) is 5.00 Å². The molecule has 0 aliphatic heterocycles. The highest BCUT2D eigenvalue weighted by Gasteiger charge is 2.31. The van der Waals surface area contributed by atoms with Crippen LogP contribution in [0.1, 0.15) is 69.7 Å². The minimum Gasteiger partial charge on any atom is -0.459 e. The van der Waals surface area contributed by atoms with Gasteiger partial charge in [-0.1, -0.05) is 6.92 Å². The third-order valence-electron chi connectivity index (χ3n) is 5.23. The number of fused-ring (bicyclic) bond motifs is 1. The molecule has 2 heterocycles. The number of Topliss-reactive ketones (excluding diaryl/α,β-unsaturated/α-hetero) is 1. The van der Waals surface area contributed by atoms with Crippen LogP contribution in [-0.4, -0.2) is 33.5 Å². The van der Waals surface area contributed by atoms with Crippen molar-refractivity contribution >= 4 is 34.0 Å². The second kappa shape index (κ2) is 8.10. The van der Waals surface area contributed by atoms with E-state index in [1.165, 1.54) is 11.3 Å². The van der Waals surface area contributed by atoms with E-state index < -0.39 is 17.7 Å². The molecule has 29 heavy (non-hydrogen) atoms. The van der Waals surface area contributed by atoms with E-state index in [1.807, 2.05) is 0 Å². The van der Waals surface area contributed by atoms with Crippen molar-refractivity contribution in [2.24, 2.45) is 13.0 Å². The molecule has 2 aromatic rings. The maximum atomic E-state index is 12.8. The molecule has 1 atom stereocenters. The Hall–Kier alpha value is -2.48. The minimum atomic E-state index is -0.769. The number of carbonyl (C=O) groups excluding carboxylic acids is 3. The molecule has 1 N–H and O–H groups in total. The lowest BCUT2D eigenvalue weighted by Crippen LogP contribution is -2.25. The number of nitrogens with zero attached hydrogens (tertiary/aromatic N) is 2. The van der Waals surface area contributed by atoms with Gasteiger partial charge in [-0.25, -0.2) is 4.79 Å². The van der Waals surface area contributed by atoms with Gasteiger partial charge in [-0.3, -0.25) is 14.3 Å². The molecule has 0 aromatic carbocycles. The van der Waals surface area contributed by atoms with Gasteiger partial charge in [0, 0.05) is 17.6 Å². The number of hydrogen-bond acceptors (Lipinski definition) is 6. The van der Waals surface area contributed by atoms with Gasteiger partial charge in [-0.2, -0.15) is 5.10 Å². The zero-order chi connectivity index (χ0) is 21.5. The van der Waals surface area contributed by atoms with Crippen LogP contribution in [0.3, 0.4) is 0 Å². The number of hydrogen-bond donors (Lipinski definition) is 1. The van der Waals surface area contributed by atoms with Crippen molar-refractivity contribution in [2.75, 3.05) is 5.32 Å². The molecule has 0 radical (unpaired) electrons. The van der Waals surface area contributed by atoms with Crippen LogP contribution in [0.25, 0.3) is 0 Å². The largest absolute Gasteiger partial charge is 0.459 e. The fourth-order valence-electron chi connectivity index (χ4n) is 3.70. The van der Waals surface area contributed by atoms with Gasteiger partial charge in [0.2, 0.25) is 0 Å². The summed E-state index contributed by atoms with van der Waals surface area (Å²) in [6.45, 7) is 9.19. The van der Waals surface area contributed by atoms with E-state index in [1.54, 1.807) is 39.4 Å². The van der Waals surface area contributed by atoms with Crippen LogP contribution >= 0.6 is 11.3 Å². The van der Waals surface area contributed by atoms with Gasteiger partial charge in [0.05, 0.1) is 22.9 Å². The summed E-state index contributed by atoms with van der Waals surface area (Å²) in [5.74, 6) is -1.37. The van der Waals surface area contributed by atoms with Gasteiger partial charge in [-0.05, 0) is 58.4 Å². The fourth-order valence-corrected chi connectivity index (χ4v) is 5.10. The number of amides is 1. The first kappa shape index (κ1) is 21.2. The van der Waals surface area contributed by atoms with Crippen molar-refractivity contribution < 1.29 is 19.1 Å². The minimum absolute atomic E-state index is 0.272. The maximum Gasteiger partial charge on any atom is 0.341 e. The van der Waals surface area contributed by atoms with Gasteiger partial charge in [-0.15, -0.1) is 11.3 Å². The van der Waals surface area contributed by atoms with Crippen molar-refractivity contribution in [3.63, 3.8) is 0 Å². The molecule has 1 unspecified atom stereocenters. The highest BCUT2D eigenvalue weighted by atomic mass is 32.1. The van der Waals surface area contributed by atoms with Gasteiger partial charge >= 0.3 is 5.97 Å². The second-order valence-electron chi connectivity index (χ2n) is 7.96. The number of aromatic nitrogens is 2. The summed E-state index contributed by atoms with van der Waals surface area (Å²) in [6, 6.07) is 0. The molecular formula is C21H27N3O4S. The molecule has 0 spiro atoms. The number of esters is 1. The molecule has 1 aliphatic carbocycles. The third-order valence-corrected chi connectivity index (χ3v) is 6.40. The molecule has 7 nitrogen and oxygen atoms in total. The molecule has 0 bridgehead atoms. The molecule has 0 saturated carbocycles. The smallest absolute Gasteiger partial charge is 0.341 e. The molecule has 8 heteroatoms. The predicted octanol–water partition coefficient (Wildman–Crippen LogP) is 3.61. The highest BCUT2D eigenvalue weighted by molar-refractivity contribution is 7.17. The maximum absolute atomic E-state index is 12.8. The van der Waals surface area contributed by atoms with Crippen molar-refractivity contribution in [3.8, 4) is 0 Å². The summed E-state index contributed by atoms with van der Waals surface area (Å²) in [5, 5.41) is 7.29. The van der Waals surface area contributed by atoms with Crippen LogP contribution in [0.5, 0.6) is 0 Å². The molecule has 3 rings (SSSR count). The summed E-state index contributed by atoms with van der Waals surface area (Å²) < 4.78 is 6.99. The van der Waals surface area contributed by atoms with Gasteiger partial charge in [0.25, 0.3) is 11.7 Å². The Labute approximate surface area is 174 Å². The standard InChI is InChI=1S/C21H27N3O4S/c1-10(2)28-21(27)17-14-8-7-11(3)9-15(14)29-20(17)22-19(26)18(25)16-12(4)23-24(6)13(16)5/h10-11H,7-9H2,1-6H3,(H,22,26). The Morgan fingerprint density at radius 2 is 1.93 bits per heavy atom. The lowest BCUT2D eigenvalue weighted by Gasteiger charge is -2.18. The molecule has 0 saturated heterocycles. The van der Waals surface area contributed by atoms with Crippen molar-refractivity contribution in [1.82, 2.24) is 9.78 Å². The summed E-state index contributed by atoms with van der Waals surface area (Å²) in [5.41, 5.74) is 2.76. The number of ketones is 1. The van der Waals surface area contributed by atoms with Crippen LogP contribution in [0.2, 0.25) is 0 Å². The number of aryl methyl sites for hydroxylation is 2. The first-order valence-electron chi connectivity index (χ1n) is 9.81. The van der Waals surface area contributed by atoms with Crippen molar-refractivity contribution in [1.29, 1.82) is 0 Å². The lowest BCUT2D eigenvalue weighted by molar-refractivity contribution is -0.112. The Morgan fingerprint density at radius 1 is 1.24 bits per heavy atom. The number of rotatable bonds is 5. The van der Waals surface area contributed by atoms with E-state index in [4.69, 9.17) is 4.74 Å². The Kier molecular flexibility index (Phi) is 5.93. The van der Waals surface area contributed by atoms with E-state index in [0.717, 1.165) is 29.7 Å². The summed E-state index contributed by atoms with van der Waals surface area (Å²) >= 11 is 1.37. The van der Waals surface area contributed by atoms with Crippen molar-refractivity contribution in [3.05, 3.63) is 33.0 Å². The third kappa shape index (κ3) is 4.12. The average Bonchev–Trinajstić information content (AvgIpc) is 3.09. The zero-order valence-corrected chi connectivity index (χ0v) is 18.5. The molecule has 156 valence electrons. The number of carbonyl (C=O) groups is 3. The predicted molar refractivity (Wildman–Crippen MR) is 112 cm³/mol. The molecule has 2 aromatic heterocycles. The Bertz CT molecular complexity index is 987. The van der Waals surface area contributed by atoms with E-state index in [9.17, 15) is 14.4 Å². The number of thiophene rings is 1. The van der Waals surface area contributed by atoms with Crippen LogP contribution in [0.4, 0.5) is 5.00 Å². The Balaban J connectivity index is 1.94. The number of anilines is 1. The summed E-state index contributed by atoms with van der Waals surface area (Å²) in [4.78, 5) is 39.4. The van der Waals surface area contributed by atoms with Crippen LogP contribution in [0, 0.1) is 19.8 Å². The van der Waals surface area contributed by atoms with Crippen LogP contribution < -0.4 is 5.32 Å². The van der Waals surface area contributed by atoms with Gasteiger partial charge in [0.15, 0.2) is 0 Å². The van der Waals surface area contributed by atoms with Gasteiger partial charge < -0.3 is 10.1 Å². The van der Waals surface area contributed by atoms with E-state index in [2.05, 4.69) is 17.3 Å². The first-order chi connectivity index (χ1) is 13.6. The Morgan fingerprint density at radius 3 is 2.52 bits per heavy atom. The highest BCUT2D eigenvalue weighted by Crippen LogP contribution is 2.40. The SMILES string of the molecule is Cc1nn(C)c(C)c1C(=O)C(=O)Nc1sc2c(c1C(=O)OC(C)C)CCC(C)C2. The average molecular weight is 418 g/mol. The fraction of sp³-hybridized carbons (Fsp3) is 0.524. The van der Waals surface area contributed by atoms with E-state index in [-0.39, 0.29) is 6.10 Å². The second-order valence-corrected chi connectivity index (χ2v) is 9.07. The number of nitrogens with one attached hydrogen (secondary N) is 1. The van der Waals surface area contributed by atoms with Crippen molar-refractivity contribution in [2.45, 2.75) is 60.0 Å². The normalized spacial score (nSPS) is 15.9. The van der Waals surface area contributed by atoms with Crippen LogP contribution in [-0.2, 0) is 29.4 Å².